The normalized spacial score (nSPS) is 18.2. The second-order valence-corrected chi connectivity index (χ2v) is 8.88. The summed E-state index contributed by atoms with van der Waals surface area (Å²) in [5.41, 5.74) is 3.44. The van der Waals surface area contributed by atoms with Crippen LogP contribution in [0.3, 0.4) is 0 Å². The molecule has 25 heavy (non-hydrogen) atoms. The summed E-state index contributed by atoms with van der Waals surface area (Å²) in [6.45, 7) is 8.98. The molecule has 1 N–H and O–H groups in total. The van der Waals surface area contributed by atoms with Gasteiger partial charge in [0.1, 0.15) is 6.04 Å². The molecule has 1 atom stereocenters. The maximum atomic E-state index is 12.9. The Morgan fingerprint density at radius 3 is 2.20 bits per heavy atom. The number of benzene rings is 2. The molecule has 1 fully saturated rings. The predicted octanol–water partition coefficient (Wildman–Crippen LogP) is 1.95. The Morgan fingerprint density at radius 2 is 1.60 bits per heavy atom. The number of quaternary nitrogens is 1. The molecule has 1 aliphatic heterocycles. The van der Waals surface area contributed by atoms with Crippen molar-refractivity contribution >= 4 is 10.0 Å². The second kappa shape index (κ2) is 7.28. The summed E-state index contributed by atoms with van der Waals surface area (Å²) in [6, 6.07) is 16.2. The molecule has 5 heteroatoms. The highest BCUT2D eigenvalue weighted by molar-refractivity contribution is 7.89. The van der Waals surface area contributed by atoms with Crippen LogP contribution >= 0.6 is 0 Å². The lowest BCUT2D eigenvalue weighted by Crippen LogP contribution is -3.14. The molecule has 1 heterocycles. The van der Waals surface area contributed by atoms with E-state index in [4.69, 9.17) is 0 Å². The maximum absolute atomic E-state index is 12.9. The summed E-state index contributed by atoms with van der Waals surface area (Å²) in [5.74, 6) is 0. The SMILES string of the molecule is Cc1ccc(S(=O)(=O)N2CC[NH+]([C@H](C)c3ccccc3)CC2)cc1C. The van der Waals surface area contributed by atoms with Gasteiger partial charge in [0.15, 0.2) is 0 Å². The average Bonchev–Trinajstić information content (AvgIpc) is 2.64. The van der Waals surface area contributed by atoms with E-state index in [0.717, 1.165) is 24.2 Å². The van der Waals surface area contributed by atoms with Gasteiger partial charge in [-0.25, -0.2) is 8.42 Å². The maximum Gasteiger partial charge on any atom is 0.243 e. The molecule has 3 rings (SSSR count). The smallest absolute Gasteiger partial charge is 0.243 e. The van der Waals surface area contributed by atoms with Crippen molar-refractivity contribution in [1.29, 1.82) is 0 Å². The van der Waals surface area contributed by atoms with Crippen LogP contribution in [0, 0.1) is 13.8 Å². The topological polar surface area (TPSA) is 41.8 Å². The van der Waals surface area contributed by atoms with Crippen molar-refractivity contribution in [2.45, 2.75) is 31.7 Å². The molecular weight excluding hydrogens is 332 g/mol. The van der Waals surface area contributed by atoms with Crippen LogP contribution in [0.1, 0.15) is 29.7 Å². The van der Waals surface area contributed by atoms with Gasteiger partial charge < -0.3 is 4.90 Å². The first kappa shape index (κ1) is 18.1. The summed E-state index contributed by atoms with van der Waals surface area (Å²) in [5, 5.41) is 0. The fourth-order valence-electron chi connectivity index (χ4n) is 3.45. The number of nitrogens with one attached hydrogen (secondary N) is 1. The second-order valence-electron chi connectivity index (χ2n) is 6.94. The lowest BCUT2D eigenvalue weighted by atomic mass is 10.1. The van der Waals surface area contributed by atoms with Crippen LogP contribution in [0.15, 0.2) is 53.4 Å². The van der Waals surface area contributed by atoms with E-state index in [2.05, 4.69) is 31.2 Å². The fraction of sp³-hybridized carbons (Fsp3) is 0.400. The third kappa shape index (κ3) is 3.78. The van der Waals surface area contributed by atoms with Crippen molar-refractivity contribution in [3.8, 4) is 0 Å². The summed E-state index contributed by atoms with van der Waals surface area (Å²) in [6.07, 6.45) is 0. The zero-order valence-corrected chi connectivity index (χ0v) is 16.0. The summed E-state index contributed by atoms with van der Waals surface area (Å²) in [4.78, 5) is 1.85. The van der Waals surface area contributed by atoms with Gasteiger partial charge in [0, 0.05) is 5.56 Å². The van der Waals surface area contributed by atoms with E-state index >= 15 is 0 Å². The van der Waals surface area contributed by atoms with Gasteiger partial charge in [0.25, 0.3) is 0 Å². The van der Waals surface area contributed by atoms with Gasteiger partial charge >= 0.3 is 0 Å². The van der Waals surface area contributed by atoms with E-state index in [1.54, 1.807) is 16.4 Å². The standard InChI is InChI=1S/C20H26N2O2S/c1-16-9-10-20(15-17(16)2)25(23,24)22-13-11-21(12-14-22)18(3)19-7-5-4-6-8-19/h4-10,15,18H,11-14H2,1-3H3/p+1/t18-/m1/s1. The van der Waals surface area contributed by atoms with E-state index < -0.39 is 10.0 Å². The van der Waals surface area contributed by atoms with Crippen LogP contribution < -0.4 is 4.90 Å². The lowest BCUT2D eigenvalue weighted by Gasteiger charge is -2.35. The zero-order chi connectivity index (χ0) is 18.0. The van der Waals surface area contributed by atoms with Crippen LogP contribution in [-0.4, -0.2) is 38.9 Å². The minimum absolute atomic E-state index is 0.382. The Morgan fingerprint density at radius 1 is 0.960 bits per heavy atom. The summed E-state index contributed by atoms with van der Waals surface area (Å²) >= 11 is 0. The molecular formula is C20H27N2O2S+. The van der Waals surface area contributed by atoms with Crippen molar-refractivity contribution in [3.05, 3.63) is 65.2 Å². The zero-order valence-electron chi connectivity index (χ0n) is 15.2. The molecule has 134 valence electrons. The Bertz CT molecular complexity index is 826. The molecule has 1 saturated heterocycles. The first-order valence-corrected chi connectivity index (χ1v) is 10.3. The average molecular weight is 360 g/mol. The third-order valence-corrected chi connectivity index (χ3v) is 7.29. The van der Waals surface area contributed by atoms with Crippen molar-refractivity contribution in [1.82, 2.24) is 4.31 Å². The Hall–Kier alpha value is -1.69. The minimum Gasteiger partial charge on any atom is -0.327 e. The van der Waals surface area contributed by atoms with Gasteiger partial charge in [0.05, 0.1) is 31.1 Å². The van der Waals surface area contributed by atoms with Crippen molar-refractivity contribution < 1.29 is 13.3 Å². The monoisotopic (exact) mass is 359 g/mol. The van der Waals surface area contributed by atoms with Gasteiger partial charge in [-0.3, -0.25) is 0 Å². The third-order valence-electron chi connectivity index (χ3n) is 5.39. The van der Waals surface area contributed by atoms with Crippen LogP contribution in [0.5, 0.6) is 0 Å². The number of piperazine rings is 1. The van der Waals surface area contributed by atoms with E-state index in [1.807, 2.05) is 26.0 Å². The molecule has 0 saturated carbocycles. The number of sulfonamides is 1. The quantitative estimate of drug-likeness (QED) is 0.907. The van der Waals surface area contributed by atoms with Crippen molar-refractivity contribution in [3.63, 3.8) is 0 Å². The molecule has 0 spiro atoms. The van der Waals surface area contributed by atoms with Gasteiger partial charge in [-0.05, 0) is 44.0 Å². The molecule has 2 aromatic rings. The van der Waals surface area contributed by atoms with Crippen LogP contribution in [0.2, 0.25) is 0 Å². The van der Waals surface area contributed by atoms with E-state index in [9.17, 15) is 8.42 Å². The molecule has 0 aromatic heterocycles. The Labute approximate surface area is 151 Å². The molecule has 0 bridgehead atoms. The van der Waals surface area contributed by atoms with E-state index in [-0.39, 0.29) is 0 Å². The molecule has 4 nitrogen and oxygen atoms in total. The van der Waals surface area contributed by atoms with Crippen LogP contribution in [0.25, 0.3) is 0 Å². The molecule has 0 radical (unpaired) electrons. The first-order valence-electron chi connectivity index (χ1n) is 8.86. The molecule has 2 aromatic carbocycles. The summed E-state index contributed by atoms with van der Waals surface area (Å²) in [7, 11) is -3.40. The predicted molar refractivity (Wildman–Crippen MR) is 100 cm³/mol. The van der Waals surface area contributed by atoms with Crippen LogP contribution in [0.4, 0.5) is 0 Å². The number of nitrogens with zero attached hydrogens (tertiary/aromatic N) is 1. The van der Waals surface area contributed by atoms with Gasteiger partial charge in [-0.2, -0.15) is 4.31 Å². The molecule has 0 unspecified atom stereocenters. The van der Waals surface area contributed by atoms with Crippen molar-refractivity contribution in [2.75, 3.05) is 26.2 Å². The van der Waals surface area contributed by atoms with Crippen molar-refractivity contribution in [2.24, 2.45) is 0 Å². The first-order chi connectivity index (χ1) is 11.9. The van der Waals surface area contributed by atoms with Gasteiger partial charge in [-0.1, -0.05) is 36.4 Å². The number of aryl methyl sites for hydroxylation is 2. The number of rotatable bonds is 4. The fourth-order valence-corrected chi connectivity index (χ4v) is 4.97. The Kier molecular flexibility index (Phi) is 5.27. The largest absolute Gasteiger partial charge is 0.327 e. The van der Waals surface area contributed by atoms with E-state index in [0.29, 0.717) is 24.0 Å². The molecule has 0 amide bonds. The van der Waals surface area contributed by atoms with E-state index in [1.165, 1.54) is 10.5 Å². The summed E-state index contributed by atoms with van der Waals surface area (Å²) < 4.78 is 27.5. The Balaban J connectivity index is 1.70. The number of hydrogen-bond donors (Lipinski definition) is 1. The van der Waals surface area contributed by atoms with Gasteiger partial charge in [-0.15, -0.1) is 0 Å². The highest BCUT2D eigenvalue weighted by atomic mass is 32.2. The van der Waals surface area contributed by atoms with Crippen LogP contribution in [-0.2, 0) is 10.0 Å². The van der Waals surface area contributed by atoms with Gasteiger partial charge in [0.2, 0.25) is 10.0 Å². The highest BCUT2D eigenvalue weighted by Crippen LogP contribution is 2.19. The molecule has 0 aliphatic carbocycles. The number of hydrogen-bond acceptors (Lipinski definition) is 2. The lowest BCUT2D eigenvalue weighted by molar-refractivity contribution is -0.933. The molecule has 1 aliphatic rings. The highest BCUT2D eigenvalue weighted by Gasteiger charge is 2.32. The minimum atomic E-state index is -3.40.